The van der Waals surface area contributed by atoms with E-state index < -0.39 is 23.9 Å². The monoisotopic (exact) mass is 665 g/mol. The molecular weight excluding hydrogens is 626 g/mol. The molecule has 1 aliphatic heterocycles. The maximum Gasteiger partial charge on any atom is 0.238 e. The van der Waals surface area contributed by atoms with Gasteiger partial charge in [0, 0.05) is 28.9 Å². The SMILES string of the molecule is CC1=C([C@H](O)CC/C(=C/c2ccc(O)c3ccccc23)c2ccccn2)[C@H](CO)[C@@H]2C(=O)N(c3ccc(Nc4ccccc4)cc3)C(=O)[C@@H]2C1. The molecule has 8 nitrogen and oxygen atoms in total. The van der Waals surface area contributed by atoms with Crippen LogP contribution in [0.15, 0.2) is 127 Å². The molecule has 0 radical (unpaired) electrons. The number of para-hydroxylation sites is 1. The molecule has 2 amide bonds. The molecule has 1 fully saturated rings. The number of carbonyl (C=O) groups excluding carboxylic acids is 2. The van der Waals surface area contributed by atoms with E-state index in [9.17, 15) is 24.9 Å². The van der Waals surface area contributed by atoms with Gasteiger partial charge in [-0.05, 0) is 109 Å². The zero-order chi connectivity index (χ0) is 34.8. The predicted molar refractivity (Wildman–Crippen MR) is 196 cm³/mol. The molecule has 5 aromatic rings. The largest absolute Gasteiger partial charge is 0.507 e. The average Bonchev–Trinajstić information content (AvgIpc) is 3.39. The smallest absolute Gasteiger partial charge is 0.238 e. The summed E-state index contributed by atoms with van der Waals surface area (Å²) in [5.41, 5.74) is 6.28. The number of allylic oxidation sites excluding steroid dienone is 2. The van der Waals surface area contributed by atoms with Crippen LogP contribution >= 0.6 is 0 Å². The minimum absolute atomic E-state index is 0.205. The molecular formula is C42H39N3O5. The number of benzene rings is 4. The lowest BCUT2D eigenvalue weighted by Crippen LogP contribution is -2.38. The van der Waals surface area contributed by atoms with Crippen molar-refractivity contribution in [1.82, 2.24) is 4.98 Å². The number of carbonyl (C=O) groups is 2. The number of imide groups is 1. The molecule has 1 aromatic heterocycles. The molecule has 8 heteroatoms. The number of pyridine rings is 1. The molecule has 0 bridgehead atoms. The second kappa shape index (κ2) is 14.1. The van der Waals surface area contributed by atoms with Gasteiger partial charge in [-0.25, -0.2) is 0 Å². The first-order valence-corrected chi connectivity index (χ1v) is 16.9. The Morgan fingerprint density at radius 3 is 2.30 bits per heavy atom. The van der Waals surface area contributed by atoms with Gasteiger partial charge >= 0.3 is 0 Å². The van der Waals surface area contributed by atoms with Crippen LogP contribution in [0.5, 0.6) is 5.75 Å². The summed E-state index contributed by atoms with van der Waals surface area (Å²) in [5.74, 6) is -2.49. The highest BCUT2D eigenvalue weighted by atomic mass is 16.3. The Morgan fingerprint density at radius 2 is 1.58 bits per heavy atom. The van der Waals surface area contributed by atoms with Crippen LogP contribution < -0.4 is 10.2 Å². The molecule has 0 unspecified atom stereocenters. The second-order valence-corrected chi connectivity index (χ2v) is 13.1. The van der Waals surface area contributed by atoms with E-state index in [0.29, 0.717) is 30.5 Å². The number of nitrogens with zero attached hydrogens (tertiary/aromatic N) is 2. The third-order valence-electron chi connectivity index (χ3n) is 10.0. The van der Waals surface area contributed by atoms with Gasteiger partial charge < -0.3 is 20.6 Å². The molecule has 4 N–H and O–H groups in total. The standard InChI is InChI=1S/C42H39N3O5/c1-26-23-34-40(42(50)45(41(34)49)31-18-16-30(17-19-31)44-29-9-3-2-4-10-29)35(25-46)39(26)38(48)21-15-28(36-13-7-8-22-43-36)24-27-14-20-37(47)33-12-6-5-11-32(27)33/h2-14,16-20,22,24,34-35,38,40,44,46-48H,15,21,23,25H2,1H3/b28-24-/t34-,35+,38-,40-/m1/s1. The maximum absolute atomic E-state index is 14.0. The molecule has 7 rings (SSSR count). The molecule has 2 heterocycles. The third kappa shape index (κ3) is 6.31. The van der Waals surface area contributed by atoms with Crippen molar-refractivity contribution in [2.75, 3.05) is 16.8 Å². The van der Waals surface area contributed by atoms with Crippen molar-refractivity contribution in [3.8, 4) is 5.75 Å². The maximum atomic E-state index is 14.0. The quantitative estimate of drug-likeness (QED) is 0.0900. The van der Waals surface area contributed by atoms with E-state index in [4.69, 9.17) is 0 Å². The van der Waals surface area contributed by atoms with Crippen molar-refractivity contribution in [1.29, 1.82) is 0 Å². The predicted octanol–water partition coefficient (Wildman–Crippen LogP) is 7.50. The molecule has 4 aromatic carbocycles. The van der Waals surface area contributed by atoms with Crippen LogP contribution in [0, 0.1) is 17.8 Å². The molecule has 1 saturated heterocycles. The van der Waals surface area contributed by atoms with E-state index in [-0.39, 0.29) is 24.2 Å². The minimum Gasteiger partial charge on any atom is -0.507 e. The Kier molecular flexibility index (Phi) is 9.30. The number of hydrogen-bond donors (Lipinski definition) is 4. The Hall–Kier alpha value is -5.57. The fourth-order valence-electron chi connectivity index (χ4n) is 7.65. The van der Waals surface area contributed by atoms with E-state index in [1.165, 1.54) is 4.90 Å². The van der Waals surface area contributed by atoms with Gasteiger partial charge in [-0.1, -0.05) is 60.2 Å². The first kappa shape index (κ1) is 33.0. The molecule has 0 saturated carbocycles. The van der Waals surface area contributed by atoms with Crippen LogP contribution in [0.1, 0.15) is 37.4 Å². The first-order valence-electron chi connectivity index (χ1n) is 16.9. The third-order valence-corrected chi connectivity index (χ3v) is 10.0. The van der Waals surface area contributed by atoms with Crippen LogP contribution in [0.3, 0.4) is 0 Å². The topological polar surface area (TPSA) is 123 Å². The Balaban J connectivity index is 1.12. The normalized spacial score (nSPS) is 19.9. The van der Waals surface area contributed by atoms with Gasteiger partial charge in [0.25, 0.3) is 0 Å². The number of fused-ring (bicyclic) bond motifs is 2. The number of phenols is 1. The van der Waals surface area contributed by atoms with Crippen molar-refractivity contribution < 1.29 is 24.9 Å². The lowest BCUT2D eigenvalue weighted by molar-refractivity contribution is -0.123. The summed E-state index contributed by atoms with van der Waals surface area (Å²) in [4.78, 5) is 33.6. The van der Waals surface area contributed by atoms with E-state index >= 15 is 0 Å². The number of aromatic hydroxyl groups is 1. The van der Waals surface area contributed by atoms with Crippen molar-refractivity contribution >= 4 is 51.3 Å². The van der Waals surface area contributed by atoms with Gasteiger partial charge in [-0.3, -0.25) is 19.5 Å². The van der Waals surface area contributed by atoms with Gasteiger partial charge in [0.1, 0.15) is 5.75 Å². The second-order valence-electron chi connectivity index (χ2n) is 13.1. The van der Waals surface area contributed by atoms with E-state index in [1.807, 2.05) is 104 Å². The number of amides is 2. The van der Waals surface area contributed by atoms with Gasteiger partial charge in [0.2, 0.25) is 11.8 Å². The number of nitrogens with one attached hydrogen (secondary N) is 1. The lowest BCUT2D eigenvalue weighted by atomic mass is 9.68. The number of anilines is 3. The van der Waals surface area contributed by atoms with Gasteiger partial charge in [-0.2, -0.15) is 0 Å². The summed E-state index contributed by atoms with van der Waals surface area (Å²) < 4.78 is 0. The van der Waals surface area contributed by atoms with E-state index in [1.54, 1.807) is 24.4 Å². The van der Waals surface area contributed by atoms with Crippen LogP contribution in [0.25, 0.3) is 22.4 Å². The highest BCUT2D eigenvalue weighted by molar-refractivity contribution is 6.22. The Labute approximate surface area is 291 Å². The number of hydrogen-bond acceptors (Lipinski definition) is 7. The highest BCUT2D eigenvalue weighted by Crippen LogP contribution is 2.47. The summed E-state index contributed by atoms with van der Waals surface area (Å²) in [5, 5.41) is 37.9. The van der Waals surface area contributed by atoms with Crippen LogP contribution in [0.4, 0.5) is 17.1 Å². The van der Waals surface area contributed by atoms with Crippen molar-refractivity contribution in [2.45, 2.75) is 32.3 Å². The first-order chi connectivity index (χ1) is 24.3. The molecule has 0 spiro atoms. The van der Waals surface area contributed by atoms with Crippen LogP contribution in [-0.4, -0.2) is 44.8 Å². The molecule has 4 atom stereocenters. The molecule has 252 valence electrons. The van der Waals surface area contributed by atoms with Crippen LogP contribution in [-0.2, 0) is 9.59 Å². The number of rotatable bonds is 10. The van der Waals surface area contributed by atoms with E-state index in [2.05, 4.69) is 10.3 Å². The van der Waals surface area contributed by atoms with Gasteiger partial charge in [0.15, 0.2) is 0 Å². The van der Waals surface area contributed by atoms with Crippen molar-refractivity contribution in [3.63, 3.8) is 0 Å². The molecule has 50 heavy (non-hydrogen) atoms. The summed E-state index contributed by atoms with van der Waals surface area (Å²) in [7, 11) is 0. The van der Waals surface area contributed by atoms with Crippen molar-refractivity contribution in [3.05, 3.63) is 138 Å². The number of aliphatic hydroxyl groups is 2. The molecule has 1 aliphatic carbocycles. The fraction of sp³-hybridized carbons (Fsp3) is 0.214. The average molecular weight is 666 g/mol. The zero-order valence-electron chi connectivity index (χ0n) is 27.7. The zero-order valence-corrected chi connectivity index (χ0v) is 27.7. The summed E-state index contributed by atoms with van der Waals surface area (Å²) >= 11 is 0. The molecule has 2 aliphatic rings. The van der Waals surface area contributed by atoms with Gasteiger partial charge in [-0.15, -0.1) is 0 Å². The van der Waals surface area contributed by atoms with Crippen LogP contribution in [0.2, 0.25) is 0 Å². The lowest BCUT2D eigenvalue weighted by Gasteiger charge is -2.35. The number of aliphatic hydroxyl groups excluding tert-OH is 2. The Morgan fingerprint density at radius 1 is 0.880 bits per heavy atom. The summed E-state index contributed by atoms with van der Waals surface area (Å²) in [6.45, 7) is 1.53. The highest BCUT2D eigenvalue weighted by Gasteiger charge is 2.54. The number of aromatic nitrogens is 1. The van der Waals surface area contributed by atoms with Crippen molar-refractivity contribution in [2.24, 2.45) is 17.8 Å². The van der Waals surface area contributed by atoms with Gasteiger partial charge in [0.05, 0.1) is 35.9 Å². The fourth-order valence-corrected chi connectivity index (χ4v) is 7.65. The summed E-state index contributed by atoms with van der Waals surface area (Å²) in [6, 6.07) is 33.8. The summed E-state index contributed by atoms with van der Waals surface area (Å²) in [6.07, 6.45) is 3.93. The minimum atomic E-state index is -0.947. The number of phenolic OH excluding ortho intramolecular Hbond substituents is 1. The Bertz CT molecular complexity index is 2090. The van der Waals surface area contributed by atoms with E-state index in [0.717, 1.165) is 44.6 Å².